The zero-order valence-electron chi connectivity index (χ0n) is 20.9. The Labute approximate surface area is 225 Å². The van der Waals surface area contributed by atoms with Gasteiger partial charge in [-0.3, -0.25) is 14.5 Å². The molecule has 0 bridgehead atoms. The summed E-state index contributed by atoms with van der Waals surface area (Å²) in [4.78, 5) is 29.1. The summed E-state index contributed by atoms with van der Waals surface area (Å²) in [5.41, 5.74) is 5.90. The molecule has 2 amide bonds. The number of rotatable bonds is 5. The maximum Gasteiger partial charge on any atom is 0.248 e. The summed E-state index contributed by atoms with van der Waals surface area (Å²) in [7, 11) is 0. The molecule has 1 N–H and O–H groups in total. The average molecular weight is 531 g/mol. The molecule has 0 saturated heterocycles. The van der Waals surface area contributed by atoms with E-state index in [4.69, 9.17) is 16.7 Å². The van der Waals surface area contributed by atoms with Crippen LogP contribution in [0.5, 0.6) is 0 Å². The zero-order valence-corrected chi connectivity index (χ0v) is 22.4. The summed E-state index contributed by atoms with van der Waals surface area (Å²) in [6.07, 6.45) is 0. The molecule has 2 heterocycles. The van der Waals surface area contributed by atoms with Crippen molar-refractivity contribution in [1.29, 1.82) is 0 Å². The van der Waals surface area contributed by atoms with Crippen molar-refractivity contribution in [2.45, 2.75) is 38.4 Å². The van der Waals surface area contributed by atoms with Crippen LogP contribution in [0.1, 0.15) is 34.0 Å². The second-order valence-corrected chi connectivity index (χ2v) is 10.5. The Morgan fingerprint density at radius 2 is 1.76 bits per heavy atom. The number of carbonyl (C=O) groups is 2. The highest BCUT2D eigenvalue weighted by Crippen LogP contribution is 2.41. The van der Waals surface area contributed by atoms with Crippen LogP contribution in [0, 0.1) is 20.8 Å². The van der Waals surface area contributed by atoms with Crippen LogP contribution in [0.3, 0.4) is 0 Å². The molecule has 1 aromatic heterocycles. The lowest BCUT2D eigenvalue weighted by Crippen LogP contribution is -2.44. The molecular weight excluding hydrogens is 504 g/mol. The molecule has 1 aliphatic heterocycles. The number of fused-ring (bicyclic) bond motifs is 1. The van der Waals surface area contributed by atoms with E-state index < -0.39 is 6.04 Å². The Kier molecular flexibility index (Phi) is 7.09. The molecule has 5 rings (SSSR count). The molecule has 0 aliphatic carbocycles. The summed E-state index contributed by atoms with van der Waals surface area (Å²) in [6.45, 7) is 6.16. The van der Waals surface area contributed by atoms with Gasteiger partial charge in [0.2, 0.25) is 11.8 Å². The van der Waals surface area contributed by atoms with E-state index in [0.29, 0.717) is 22.9 Å². The third-order valence-electron chi connectivity index (χ3n) is 6.47. The van der Waals surface area contributed by atoms with Crippen molar-refractivity contribution in [3.63, 3.8) is 0 Å². The number of halogens is 1. The highest BCUT2D eigenvalue weighted by Gasteiger charge is 2.40. The molecule has 0 fully saturated rings. The van der Waals surface area contributed by atoms with Gasteiger partial charge in [0.25, 0.3) is 0 Å². The van der Waals surface area contributed by atoms with Crippen LogP contribution < -0.4 is 10.2 Å². The van der Waals surface area contributed by atoms with Crippen LogP contribution in [0.25, 0.3) is 5.69 Å². The van der Waals surface area contributed by atoms with E-state index in [-0.39, 0.29) is 17.6 Å². The number of carbonyl (C=O) groups excluding carboxylic acids is 2. The Balaban J connectivity index is 1.61. The highest BCUT2D eigenvalue weighted by atomic mass is 35.5. The van der Waals surface area contributed by atoms with Gasteiger partial charge in [-0.2, -0.15) is 5.10 Å². The van der Waals surface area contributed by atoms with Gasteiger partial charge in [0.1, 0.15) is 11.1 Å². The van der Waals surface area contributed by atoms with E-state index in [9.17, 15) is 9.59 Å². The fourth-order valence-corrected chi connectivity index (χ4v) is 5.71. The van der Waals surface area contributed by atoms with Gasteiger partial charge in [0.05, 0.1) is 17.1 Å². The second kappa shape index (κ2) is 10.4. The van der Waals surface area contributed by atoms with Gasteiger partial charge in [-0.05, 0) is 56.2 Å². The van der Waals surface area contributed by atoms with E-state index >= 15 is 0 Å². The van der Waals surface area contributed by atoms with Gasteiger partial charge in [-0.1, -0.05) is 77.5 Å². The predicted molar refractivity (Wildman–Crippen MR) is 148 cm³/mol. The Hall–Kier alpha value is -3.55. The van der Waals surface area contributed by atoms with Crippen LogP contribution in [-0.2, 0) is 16.1 Å². The molecule has 0 unspecified atom stereocenters. The molecule has 0 radical (unpaired) electrons. The molecule has 1 atom stereocenters. The summed E-state index contributed by atoms with van der Waals surface area (Å²) in [6, 6.07) is 22.3. The van der Waals surface area contributed by atoms with Gasteiger partial charge in [-0.25, -0.2) is 4.68 Å². The van der Waals surface area contributed by atoms with Crippen LogP contribution in [0.15, 0.2) is 77.8 Å². The second-order valence-electron chi connectivity index (χ2n) is 9.14. The third kappa shape index (κ3) is 5.02. The van der Waals surface area contributed by atoms with Crippen LogP contribution in [0.2, 0.25) is 5.02 Å². The lowest BCUT2D eigenvalue weighted by molar-refractivity contribution is -0.126. The van der Waals surface area contributed by atoms with E-state index in [1.165, 1.54) is 11.8 Å². The topological polar surface area (TPSA) is 67.2 Å². The summed E-state index contributed by atoms with van der Waals surface area (Å²) < 4.78 is 1.83. The van der Waals surface area contributed by atoms with Crippen molar-refractivity contribution in [2.75, 3.05) is 10.7 Å². The predicted octanol–water partition coefficient (Wildman–Crippen LogP) is 5.95. The largest absolute Gasteiger partial charge is 0.350 e. The van der Waals surface area contributed by atoms with Crippen molar-refractivity contribution in [3.05, 3.63) is 106 Å². The molecular formula is C29H27ClN4O2S. The molecule has 8 heteroatoms. The SMILES string of the molecule is Cc1ccc(CNC(=O)[C@@H]2c3c(C)nn(-c4ccccc4)c3SCC(=O)N2c2ccc(C)c(Cl)c2)cc1. The lowest BCUT2D eigenvalue weighted by atomic mass is 10.0. The number of para-hydroxylation sites is 1. The molecule has 37 heavy (non-hydrogen) atoms. The Morgan fingerprint density at radius 1 is 1.03 bits per heavy atom. The number of nitrogens with one attached hydrogen (secondary N) is 1. The maximum absolute atomic E-state index is 13.9. The van der Waals surface area contributed by atoms with Gasteiger partial charge >= 0.3 is 0 Å². The monoisotopic (exact) mass is 530 g/mol. The van der Waals surface area contributed by atoms with Crippen molar-refractivity contribution in [1.82, 2.24) is 15.1 Å². The van der Waals surface area contributed by atoms with Crippen LogP contribution in [-0.4, -0.2) is 27.3 Å². The van der Waals surface area contributed by atoms with Gasteiger partial charge in [0, 0.05) is 22.8 Å². The Bertz CT molecular complexity index is 1470. The standard InChI is InChI=1S/C29H27ClN4O2S/c1-18-9-12-21(13-10-18)16-31-28(36)27-26-20(3)32-34(22-7-5-4-6-8-22)29(26)37-17-25(35)33(27)23-14-11-19(2)24(30)15-23/h4-15,27H,16-17H2,1-3H3,(H,31,36)/t27-/m0/s1. The minimum atomic E-state index is -0.904. The molecule has 0 spiro atoms. The number of aromatic nitrogens is 2. The minimum absolute atomic E-state index is 0.165. The number of benzene rings is 3. The van der Waals surface area contributed by atoms with E-state index in [2.05, 4.69) is 5.32 Å². The van der Waals surface area contributed by atoms with E-state index in [1.807, 2.05) is 92.2 Å². The number of aryl methyl sites for hydroxylation is 3. The van der Waals surface area contributed by atoms with E-state index in [0.717, 1.165) is 33.0 Å². The first kappa shape index (κ1) is 25.1. The van der Waals surface area contributed by atoms with Crippen LogP contribution in [0.4, 0.5) is 5.69 Å². The normalized spacial score (nSPS) is 15.3. The molecule has 188 valence electrons. The molecule has 3 aromatic carbocycles. The Morgan fingerprint density at radius 3 is 2.46 bits per heavy atom. The number of anilines is 1. The summed E-state index contributed by atoms with van der Waals surface area (Å²) in [5.74, 6) is -0.279. The van der Waals surface area contributed by atoms with Crippen molar-refractivity contribution in [2.24, 2.45) is 0 Å². The smallest absolute Gasteiger partial charge is 0.248 e. The average Bonchev–Trinajstić information content (AvgIpc) is 3.13. The van der Waals surface area contributed by atoms with Crippen molar-refractivity contribution < 1.29 is 9.59 Å². The molecule has 4 aromatic rings. The minimum Gasteiger partial charge on any atom is -0.350 e. The first-order valence-electron chi connectivity index (χ1n) is 12.0. The molecule has 0 saturated carbocycles. The number of amides is 2. The zero-order chi connectivity index (χ0) is 26.1. The number of hydrogen-bond acceptors (Lipinski definition) is 4. The fraction of sp³-hybridized carbons (Fsp3) is 0.207. The first-order chi connectivity index (χ1) is 17.8. The number of nitrogens with zero attached hydrogens (tertiary/aromatic N) is 3. The highest BCUT2D eigenvalue weighted by molar-refractivity contribution is 8.00. The van der Waals surface area contributed by atoms with E-state index in [1.54, 1.807) is 11.0 Å². The molecule has 6 nitrogen and oxygen atoms in total. The quantitative estimate of drug-likeness (QED) is 0.346. The number of hydrogen-bond donors (Lipinski definition) is 1. The van der Waals surface area contributed by atoms with Gasteiger partial charge < -0.3 is 5.32 Å². The van der Waals surface area contributed by atoms with Crippen molar-refractivity contribution in [3.8, 4) is 5.69 Å². The molecule has 1 aliphatic rings. The van der Waals surface area contributed by atoms with Crippen LogP contribution >= 0.6 is 23.4 Å². The lowest BCUT2D eigenvalue weighted by Gasteiger charge is -2.30. The maximum atomic E-state index is 13.9. The third-order valence-corrected chi connectivity index (χ3v) is 7.93. The van der Waals surface area contributed by atoms with Gasteiger partial charge in [-0.15, -0.1) is 0 Å². The fourth-order valence-electron chi connectivity index (χ4n) is 4.45. The van der Waals surface area contributed by atoms with Crippen molar-refractivity contribution >= 4 is 40.9 Å². The van der Waals surface area contributed by atoms with Gasteiger partial charge in [0.15, 0.2) is 0 Å². The first-order valence-corrected chi connectivity index (χ1v) is 13.4. The summed E-state index contributed by atoms with van der Waals surface area (Å²) >= 11 is 7.86. The summed E-state index contributed by atoms with van der Waals surface area (Å²) in [5, 5.41) is 9.19. The number of thioether (sulfide) groups is 1.